The van der Waals surface area contributed by atoms with E-state index in [0.717, 1.165) is 29.9 Å². The first kappa shape index (κ1) is 23.4. The molecule has 0 radical (unpaired) electrons. The van der Waals surface area contributed by atoms with E-state index in [9.17, 15) is 22.0 Å². The smallest absolute Gasteiger partial charge is 0.379 e. The Hall–Kier alpha value is -3.32. The quantitative estimate of drug-likeness (QED) is 0.521. The summed E-state index contributed by atoms with van der Waals surface area (Å²) in [7, 11) is 0. The third-order valence-electron chi connectivity index (χ3n) is 6.00. The van der Waals surface area contributed by atoms with E-state index in [4.69, 9.17) is 4.74 Å². The van der Waals surface area contributed by atoms with Crippen molar-refractivity contribution in [2.75, 3.05) is 49.6 Å². The zero-order valence-corrected chi connectivity index (χ0v) is 18.4. The lowest BCUT2D eigenvalue weighted by Gasteiger charge is -2.47. The summed E-state index contributed by atoms with van der Waals surface area (Å²) >= 11 is 0. The molecule has 0 aliphatic carbocycles. The minimum atomic E-state index is -4.49. The zero-order chi connectivity index (χ0) is 24.6. The molecule has 4 heterocycles. The summed E-state index contributed by atoms with van der Waals surface area (Å²) in [6.07, 6.45) is -5.96. The molecule has 35 heavy (non-hydrogen) atoms. The number of anilines is 3. The van der Waals surface area contributed by atoms with Gasteiger partial charge in [-0.1, -0.05) is 6.07 Å². The fraction of sp³-hybridized carbons (Fsp3) is 0.409. The lowest BCUT2D eigenvalue weighted by Crippen LogP contribution is -2.61. The summed E-state index contributed by atoms with van der Waals surface area (Å²) in [6.45, 7) is 4.39. The van der Waals surface area contributed by atoms with Crippen molar-refractivity contribution >= 4 is 17.6 Å². The van der Waals surface area contributed by atoms with Crippen LogP contribution in [-0.4, -0.2) is 70.1 Å². The maximum absolute atomic E-state index is 13.6. The fourth-order valence-corrected chi connectivity index (χ4v) is 4.09. The molecule has 2 aromatic heterocycles. The van der Waals surface area contributed by atoms with Crippen molar-refractivity contribution in [3.8, 4) is 5.69 Å². The number of aromatic nitrogens is 4. The molecular weight excluding hydrogens is 473 g/mol. The topological polar surface area (TPSA) is 71.3 Å². The molecule has 0 bridgehead atoms. The number of benzene rings is 1. The van der Waals surface area contributed by atoms with Crippen molar-refractivity contribution in [1.82, 2.24) is 24.6 Å². The molecule has 186 valence electrons. The molecule has 1 aromatic carbocycles. The number of halogens is 5. The average molecular weight is 495 g/mol. The van der Waals surface area contributed by atoms with Gasteiger partial charge in [-0.2, -0.15) is 18.2 Å². The van der Waals surface area contributed by atoms with Crippen LogP contribution >= 0.6 is 0 Å². The molecular formula is C22H22F5N7O. The summed E-state index contributed by atoms with van der Waals surface area (Å²) in [5.74, 6) is 0.545. The third kappa shape index (κ3) is 5.20. The minimum absolute atomic E-state index is 0.0158. The number of morpholine rings is 1. The predicted molar refractivity (Wildman–Crippen MR) is 117 cm³/mol. The first-order valence-corrected chi connectivity index (χ1v) is 11.0. The van der Waals surface area contributed by atoms with Crippen LogP contribution in [0.15, 0.2) is 42.7 Å². The lowest BCUT2D eigenvalue weighted by molar-refractivity contribution is -0.137. The summed E-state index contributed by atoms with van der Waals surface area (Å²) in [5, 5.41) is 6.91. The molecule has 5 rings (SSSR count). The Balaban J connectivity index is 1.32. The molecule has 0 spiro atoms. The molecule has 3 aromatic rings. The Labute approximate surface area is 197 Å². The third-order valence-corrected chi connectivity index (χ3v) is 6.00. The molecule has 13 heteroatoms. The second kappa shape index (κ2) is 9.38. The first-order valence-electron chi connectivity index (χ1n) is 11.0. The van der Waals surface area contributed by atoms with Gasteiger partial charge in [-0.3, -0.25) is 4.90 Å². The highest BCUT2D eigenvalue weighted by Crippen LogP contribution is 2.31. The van der Waals surface area contributed by atoms with E-state index in [0.29, 0.717) is 38.2 Å². The molecule has 0 amide bonds. The van der Waals surface area contributed by atoms with Gasteiger partial charge in [0.1, 0.15) is 18.0 Å². The van der Waals surface area contributed by atoms with Gasteiger partial charge in [0.15, 0.2) is 0 Å². The van der Waals surface area contributed by atoms with Gasteiger partial charge < -0.3 is 15.0 Å². The molecule has 0 atom stereocenters. The number of nitrogens with one attached hydrogen (secondary N) is 1. The maximum Gasteiger partial charge on any atom is 0.416 e. The normalized spacial score (nSPS) is 17.6. The standard InChI is InChI=1S/C22H22F5N7O/c23-20(24)14-8-18(29-19(9-14)33-11-17(12-33)32-4-6-35-7-5-32)30-21-28-13-34(31-21)16-3-1-2-15(10-16)22(25,26)27/h1-3,8-10,13,17,20H,4-7,11-12H2,(H,29,30,31). The summed E-state index contributed by atoms with van der Waals surface area (Å²) in [6, 6.07) is 7.51. The van der Waals surface area contributed by atoms with Gasteiger partial charge in [0.25, 0.3) is 6.43 Å². The Bertz CT molecular complexity index is 1170. The molecule has 0 saturated carbocycles. The highest BCUT2D eigenvalue weighted by molar-refractivity contribution is 5.56. The van der Waals surface area contributed by atoms with Crippen molar-refractivity contribution in [2.45, 2.75) is 18.6 Å². The fourth-order valence-electron chi connectivity index (χ4n) is 4.09. The Morgan fingerprint density at radius 1 is 1.06 bits per heavy atom. The largest absolute Gasteiger partial charge is 0.416 e. The van der Waals surface area contributed by atoms with Gasteiger partial charge in [-0.05, 0) is 30.3 Å². The summed E-state index contributed by atoms with van der Waals surface area (Å²) < 4.78 is 72.7. The Morgan fingerprint density at radius 2 is 1.83 bits per heavy atom. The molecule has 2 aliphatic heterocycles. The van der Waals surface area contributed by atoms with Crippen LogP contribution in [0, 0.1) is 0 Å². The van der Waals surface area contributed by atoms with Crippen LogP contribution in [0.4, 0.5) is 39.5 Å². The average Bonchev–Trinajstić information content (AvgIpc) is 3.27. The van der Waals surface area contributed by atoms with Crippen LogP contribution in [0.1, 0.15) is 17.6 Å². The number of rotatable bonds is 6. The van der Waals surface area contributed by atoms with E-state index >= 15 is 0 Å². The number of hydrogen-bond acceptors (Lipinski definition) is 7. The first-order chi connectivity index (χ1) is 16.8. The molecule has 8 nitrogen and oxygen atoms in total. The monoisotopic (exact) mass is 495 g/mol. The van der Waals surface area contributed by atoms with Crippen LogP contribution in [-0.2, 0) is 10.9 Å². The van der Waals surface area contributed by atoms with Gasteiger partial charge >= 0.3 is 6.18 Å². The second-order valence-corrected chi connectivity index (χ2v) is 8.34. The highest BCUT2D eigenvalue weighted by atomic mass is 19.4. The van der Waals surface area contributed by atoms with Crippen molar-refractivity contribution in [2.24, 2.45) is 0 Å². The van der Waals surface area contributed by atoms with Crippen molar-refractivity contribution in [1.29, 1.82) is 0 Å². The molecule has 2 aliphatic rings. The van der Waals surface area contributed by atoms with Crippen LogP contribution < -0.4 is 10.2 Å². The number of hydrogen-bond donors (Lipinski definition) is 1. The van der Waals surface area contributed by atoms with Crippen molar-refractivity contribution in [3.05, 3.63) is 53.9 Å². The number of ether oxygens (including phenoxy) is 1. The molecule has 0 unspecified atom stereocenters. The lowest BCUT2D eigenvalue weighted by atomic mass is 10.1. The predicted octanol–water partition coefficient (Wildman–Crippen LogP) is 3.88. The van der Waals surface area contributed by atoms with E-state index in [1.165, 1.54) is 30.6 Å². The SMILES string of the molecule is FC(F)c1cc(Nc2ncn(-c3cccc(C(F)(F)F)c3)n2)nc(N2CC(N3CCOCC3)C2)c1. The van der Waals surface area contributed by atoms with Gasteiger partial charge in [-0.25, -0.2) is 18.4 Å². The highest BCUT2D eigenvalue weighted by Gasteiger charge is 2.34. The van der Waals surface area contributed by atoms with E-state index in [1.807, 2.05) is 4.90 Å². The van der Waals surface area contributed by atoms with E-state index < -0.39 is 18.2 Å². The Kier molecular flexibility index (Phi) is 6.28. The zero-order valence-electron chi connectivity index (χ0n) is 18.4. The van der Waals surface area contributed by atoms with Crippen LogP contribution in [0.3, 0.4) is 0 Å². The molecule has 1 N–H and O–H groups in total. The van der Waals surface area contributed by atoms with Crippen molar-refractivity contribution in [3.63, 3.8) is 0 Å². The van der Waals surface area contributed by atoms with Gasteiger partial charge in [0.2, 0.25) is 5.95 Å². The number of alkyl halides is 5. The van der Waals surface area contributed by atoms with Gasteiger partial charge in [-0.15, -0.1) is 5.10 Å². The number of nitrogens with zero attached hydrogens (tertiary/aromatic N) is 6. The summed E-state index contributed by atoms with van der Waals surface area (Å²) in [4.78, 5) is 12.7. The van der Waals surface area contributed by atoms with Gasteiger partial charge in [0.05, 0.1) is 24.5 Å². The summed E-state index contributed by atoms with van der Waals surface area (Å²) in [5.41, 5.74) is -0.865. The van der Waals surface area contributed by atoms with Crippen molar-refractivity contribution < 1.29 is 26.7 Å². The molecule has 2 saturated heterocycles. The van der Waals surface area contributed by atoms with Crippen LogP contribution in [0.5, 0.6) is 0 Å². The molecule has 2 fully saturated rings. The van der Waals surface area contributed by atoms with E-state index in [-0.39, 0.29) is 23.0 Å². The van der Waals surface area contributed by atoms with E-state index in [1.54, 1.807) is 0 Å². The second-order valence-electron chi connectivity index (χ2n) is 8.34. The Morgan fingerprint density at radius 3 is 2.54 bits per heavy atom. The van der Waals surface area contributed by atoms with E-state index in [2.05, 4.69) is 25.3 Å². The van der Waals surface area contributed by atoms with Gasteiger partial charge in [0, 0.05) is 37.8 Å². The maximum atomic E-state index is 13.6. The number of pyridine rings is 1. The van der Waals surface area contributed by atoms with Crippen LogP contribution in [0.25, 0.3) is 5.69 Å². The van der Waals surface area contributed by atoms with Crippen LogP contribution in [0.2, 0.25) is 0 Å². The minimum Gasteiger partial charge on any atom is -0.379 e.